The van der Waals surface area contributed by atoms with Gasteiger partial charge in [0.2, 0.25) is 5.91 Å². The SMILES string of the molecule is CC(c1ccc(C(=O)NCCC(=O)O)cc1)N1N=C(c2cc(Cl)cc(Cl)c2)CC1=O. The number of halogens is 2. The fourth-order valence-corrected chi connectivity index (χ4v) is 3.59. The molecule has 0 saturated carbocycles. The highest BCUT2D eigenvalue weighted by Gasteiger charge is 2.29. The topological polar surface area (TPSA) is 99.1 Å². The van der Waals surface area contributed by atoms with Crippen LogP contribution in [0.2, 0.25) is 10.0 Å². The summed E-state index contributed by atoms with van der Waals surface area (Å²) in [6, 6.07) is 11.4. The van der Waals surface area contributed by atoms with E-state index in [0.717, 1.165) is 5.56 Å². The maximum absolute atomic E-state index is 12.5. The van der Waals surface area contributed by atoms with Crippen molar-refractivity contribution >= 4 is 46.7 Å². The molecular formula is C21H19Cl2N3O4. The van der Waals surface area contributed by atoms with Crippen molar-refractivity contribution in [1.82, 2.24) is 10.3 Å². The van der Waals surface area contributed by atoms with Gasteiger partial charge in [-0.15, -0.1) is 0 Å². The molecule has 7 nitrogen and oxygen atoms in total. The first kappa shape index (κ1) is 21.8. The number of benzene rings is 2. The lowest BCUT2D eigenvalue weighted by Crippen LogP contribution is -2.26. The summed E-state index contributed by atoms with van der Waals surface area (Å²) >= 11 is 12.1. The minimum Gasteiger partial charge on any atom is -0.481 e. The van der Waals surface area contributed by atoms with Crippen molar-refractivity contribution in [3.8, 4) is 0 Å². The van der Waals surface area contributed by atoms with E-state index in [-0.39, 0.29) is 37.2 Å². The van der Waals surface area contributed by atoms with Crippen LogP contribution in [0.5, 0.6) is 0 Å². The van der Waals surface area contributed by atoms with Gasteiger partial charge in [-0.05, 0) is 42.8 Å². The van der Waals surface area contributed by atoms with Crippen molar-refractivity contribution in [2.45, 2.75) is 25.8 Å². The second-order valence-electron chi connectivity index (χ2n) is 6.82. The molecule has 156 valence electrons. The second kappa shape index (κ2) is 9.28. The lowest BCUT2D eigenvalue weighted by Gasteiger charge is -2.21. The number of hydrogen-bond acceptors (Lipinski definition) is 4. The van der Waals surface area contributed by atoms with E-state index >= 15 is 0 Å². The third-order valence-corrected chi connectivity index (χ3v) is 5.08. The largest absolute Gasteiger partial charge is 0.481 e. The van der Waals surface area contributed by atoms with Crippen LogP contribution >= 0.6 is 23.2 Å². The van der Waals surface area contributed by atoms with E-state index in [1.54, 1.807) is 42.5 Å². The Balaban J connectivity index is 1.72. The Kier molecular flexibility index (Phi) is 6.74. The first-order valence-corrected chi connectivity index (χ1v) is 9.96. The first-order chi connectivity index (χ1) is 14.2. The van der Waals surface area contributed by atoms with Crippen LogP contribution in [0.15, 0.2) is 47.6 Å². The van der Waals surface area contributed by atoms with Crippen LogP contribution < -0.4 is 5.32 Å². The molecule has 1 aliphatic heterocycles. The minimum atomic E-state index is -0.977. The zero-order valence-electron chi connectivity index (χ0n) is 16.1. The van der Waals surface area contributed by atoms with Crippen LogP contribution in [0, 0.1) is 0 Å². The highest BCUT2D eigenvalue weighted by Crippen LogP contribution is 2.28. The van der Waals surface area contributed by atoms with Crippen molar-refractivity contribution in [3.05, 3.63) is 69.2 Å². The van der Waals surface area contributed by atoms with Crippen molar-refractivity contribution in [2.24, 2.45) is 5.10 Å². The van der Waals surface area contributed by atoms with Crippen LogP contribution in [0.1, 0.15) is 47.3 Å². The van der Waals surface area contributed by atoms with Gasteiger partial charge in [-0.25, -0.2) is 5.01 Å². The molecule has 1 unspecified atom stereocenters. The summed E-state index contributed by atoms with van der Waals surface area (Å²) < 4.78 is 0. The molecule has 9 heteroatoms. The van der Waals surface area contributed by atoms with Gasteiger partial charge in [0, 0.05) is 27.7 Å². The molecule has 2 N–H and O–H groups in total. The number of amides is 2. The van der Waals surface area contributed by atoms with Crippen molar-refractivity contribution in [2.75, 3.05) is 6.54 Å². The highest BCUT2D eigenvalue weighted by atomic mass is 35.5. The number of rotatable bonds is 7. The molecule has 30 heavy (non-hydrogen) atoms. The Morgan fingerprint density at radius 3 is 2.40 bits per heavy atom. The average molecular weight is 448 g/mol. The fraction of sp³-hybridized carbons (Fsp3) is 0.238. The molecule has 0 saturated heterocycles. The molecule has 0 aromatic heterocycles. The van der Waals surface area contributed by atoms with E-state index in [1.165, 1.54) is 5.01 Å². The van der Waals surface area contributed by atoms with E-state index in [1.807, 2.05) is 6.92 Å². The van der Waals surface area contributed by atoms with E-state index in [0.29, 0.717) is 26.9 Å². The molecule has 0 aliphatic carbocycles. The molecule has 0 bridgehead atoms. The first-order valence-electron chi connectivity index (χ1n) is 9.20. The van der Waals surface area contributed by atoms with E-state index in [4.69, 9.17) is 28.3 Å². The number of nitrogens with zero attached hydrogens (tertiary/aromatic N) is 2. The smallest absolute Gasteiger partial charge is 0.305 e. The number of aliphatic carboxylic acids is 1. The number of carboxylic acid groups (broad SMARTS) is 1. The zero-order valence-corrected chi connectivity index (χ0v) is 17.6. The Bertz CT molecular complexity index is 1000. The molecule has 1 heterocycles. The summed E-state index contributed by atoms with van der Waals surface area (Å²) in [5.41, 5.74) is 2.50. The van der Waals surface area contributed by atoms with Gasteiger partial charge in [-0.3, -0.25) is 14.4 Å². The molecule has 0 radical (unpaired) electrons. The van der Waals surface area contributed by atoms with Gasteiger partial charge in [0.15, 0.2) is 0 Å². The number of carbonyl (C=O) groups is 3. The van der Waals surface area contributed by atoms with Crippen LogP contribution in [0.3, 0.4) is 0 Å². The van der Waals surface area contributed by atoms with E-state index in [9.17, 15) is 14.4 Å². The van der Waals surface area contributed by atoms with E-state index in [2.05, 4.69) is 10.4 Å². The predicted molar refractivity (Wildman–Crippen MR) is 114 cm³/mol. The Labute approximate surface area is 183 Å². The molecule has 2 aromatic carbocycles. The van der Waals surface area contributed by atoms with Crippen LogP contribution in [-0.4, -0.2) is 40.2 Å². The summed E-state index contributed by atoms with van der Waals surface area (Å²) in [7, 11) is 0. The van der Waals surface area contributed by atoms with Gasteiger partial charge < -0.3 is 10.4 Å². The fourth-order valence-electron chi connectivity index (χ4n) is 3.07. The number of hydrogen-bond donors (Lipinski definition) is 2. The monoisotopic (exact) mass is 447 g/mol. The molecule has 0 fully saturated rings. The molecule has 1 atom stereocenters. The van der Waals surface area contributed by atoms with Crippen molar-refractivity contribution in [3.63, 3.8) is 0 Å². The van der Waals surface area contributed by atoms with Gasteiger partial charge in [0.05, 0.1) is 24.6 Å². The van der Waals surface area contributed by atoms with Crippen molar-refractivity contribution in [1.29, 1.82) is 0 Å². The number of nitrogens with one attached hydrogen (secondary N) is 1. The highest BCUT2D eigenvalue weighted by molar-refractivity contribution is 6.35. The van der Waals surface area contributed by atoms with Gasteiger partial charge in [-0.1, -0.05) is 35.3 Å². The lowest BCUT2D eigenvalue weighted by molar-refractivity contribution is -0.136. The van der Waals surface area contributed by atoms with Crippen LogP contribution in [0.25, 0.3) is 0 Å². The zero-order chi connectivity index (χ0) is 21.8. The van der Waals surface area contributed by atoms with Gasteiger partial charge in [0.1, 0.15) is 0 Å². The average Bonchev–Trinajstić information content (AvgIpc) is 3.08. The van der Waals surface area contributed by atoms with Crippen LogP contribution in [0.4, 0.5) is 0 Å². The maximum atomic E-state index is 12.5. The number of carbonyl (C=O) groups excluding carboxylic acids is 2. The molecule has 0 spiro atoms. The summed E-state index contributed by atoms with van der Waals surface area (Å²) in [6.07, 6.45) is 0.00117. The number of hydrazone groups is 1. The lowest BCUT2D eigenvalue weighted by atomic mass is 10.0. The standard InChI is InChI=1S/C21H19Cl2N3O4/c1-12(13-2-4-14(5-3-13)21(30)24-7-6-20(28)29)26-19(27)11-18(25-26)15-8-16(22)10-17(23)9-15/h2-5,8-10,12H,6-7,11H2,1H3,(H,24,30)(H,28,29). The van der Waals surface area contributed by atoms with Gasteiger partial charge >= 0.3 is 5.97 Å². The van der Waals surface area contributed by atoms with E-state index < -0.39 is 5.97 Å². The predicted octanol–water partition coefficient (Wildman–Crippen LogP) is 3.90. The second-order valence-corrected chi connectivity index (χ2v) is 7.69. The third kappa shape index (κ3) is 5.17. The van der Waals surface area contributed by atoms with Crippen molar-refractivity contribution < 1.29 is 19.5 Å². The Morgan fingerprint density at radius 2 is 1.80 bits per heavy atom. The third-order valence-electron chi connectivity index (χ3n) is 4.64. The summed E-state index contributed by atoms with van der Waals surface area (Å²) in [6.45, 7) is 1.90. The molecule has 2 amide bonds. The number of carboxylic acids is 1. The van der Waals surface area contributed by atoms with Gasteiger partial charge in [-0.2, -0.15) is 5.10 Å². The molecule has 1 aliphatic rings. The Hall–Kier alpha value is -2.90. The maximum Gasteiger partial charge on any atom is 0.305 e. The Morgan fingerprint density at radius 1 is 1.17 bits per heavy atom. The van der Waals surface area contributed by atoms with Crippen LogP contribution in [-0.2, 0) is 9.59 Å². The molecule has 2 aromatic rings. The molecular weight excluding hydrogens is 429 g/mol. The molecule has 3 rings (SSSR count). The minimum absolute atomic E-state index is 0.0552. The summed E-state index contributed by atoms with van der Waals surface area (Å²) in [4.78, 5) is 35.1. The van der Waals surface area contributed by atoms with Gasteiger partial charge in [0.25, 0.3) is 5.91 Å². The quantitative estimate of drug-likeness (QED) is 0.671. The normalized spacial score (nSPS) is 14.4. The summed E-state index contributed by atoms with van der Waals surface area (Å²) in [5.74, 6) is -1.48. The summed E-state index contributed by atoms with van der Waals surface area (Å²) in [5, 5.41) is 18.0.